The fraction of sp³-hybridized carbons (Fsp3) is 0.268. The number of rotatable bonds is 17. The fourth-order valence-corrected chi connectivity index (χ4v) is 5.52. The Hall–Kier alpha value is -6.30. The molecule has 53 heavy (non-hydrogen) atoms. The van der Waals surface area contributed by atoms with E-state index in [9.17, 15) is 9.59 Å². The highest BCUT2D eigenvalue weighted by Crippen LogP contribution is 2.44. The van der Waals surface area contributed by atoms with Gasteiger partial charge in [0.15, 0.2) is 28.8 Å². The first-order valence-electron chi connectivity index (χ1n) is 16.8. The van der Waals surface area contributed by atoms with Crippen LogP contribution in [0, 0.1) is 6.92 Å². The number of benzene rings is 4. The number of nitrogens with one attached hydrogen (secondary N) is 1. The lowest BCUT2D eigenvalue weighted by molar-refractivity contribution is -0.111. The quantitative estimate of drug-likeness (QED) is 0.0747. The third kappa shape index (κ3) is 8.96. The van der Waals surface area contributed by atoms with E-state index in [1.807, 2.05) is 37.3 Å². The third-order valence-corrected chi connectivity index (χ3v) is 8.25. The molecule has 0 aliphatic rings. The van der Waals surface area contributed by atoms with Crippen LogP contribution in [0.4, 0.5) is 5.69 Å². The number of fused-ring (bicyclic) bond motifs is 1. The number of carbonyl (C=O) groups excluding carboxylic acids is 1. The molecule has 0 spiro atoms. The predicted octanol–water partition coefficient (Wildman–Crippen LogP) is 7.71. The van der Waals surface area contributed by atoms with Gasteiger partial charge in [-0.1, -0.05) is 23.8 Å². The summed E-state index contributed by atoms with van der Waals surface area (Å²) in [5, 5.41) is 3.05. The van der Waals surface area contributed by atoms with E-state index in [0.29, 0.717) is 59.5 Å². The van der Waals surface area contributed by atoms with Gasteiger partial charge in [0, 0.05) is 29.5 Å². The van der Waals surface area contributed by atoms with Crippen LogP contribution in [0.3, 0.4) is 0 Å². The summed E-state index contributed by atoms with van der Waals surface area (Å²) in [6.45, 7) is 2.52. The van der Waals surface area contributed by atoms with Crippen LogP contribution < -0.4 is 48.6 Å². The number of anilines is 1. The number of hydrogen-bond acceptors (Lipinski definition) is 11. The minimum absolute atomic E-state index is 0.00554. The van der Waals surface area contributed by atoms with Gasteiger partial charge in [-0.25, -0.2) is 0 Å². The van der Waals surface area contributed by atoms with Crippen molar-refractivity contribution < 1.29 is 47.1 Å². The van der Waals surface area contributed by atoms with Gasteiger partial charge in [-0.05, 0) is 67.8 Å². The Morgan fingerprint density at radius 2 is 1.34 bits per heavy atom. The van der Waals surface area contributed by atoms with Crippen molar-refractivity contribution in [2.75, 3.05) is 61.2 Å². The molecule has 1 N–H and O–H groups in total. The van der Waals surface area contributed by atoms with Gasteiger partial charge >= 0.3 is 0 Å². The van der Waals surface area contributed by atoms with Crippen molar-refractivity contribution in [2.24, 2.45) is 0 Å². The largest absolute Gasteiger partial charge is 0.496 e. The molecule has 0 saturated heterocycles. The average molecular weight is 726 g/mol. The van der Waals surface area contributed by atoms with E-state index in [2.05, 4.69) is 5.32 Å². The first kappa shape index (κ1) is 37.9. The van der Waals surface area contributed by atoms with E-state index in [4.69, 9.17) is 42.3 Å². The number of ether oxygens (including phenoxy) is 8. The number of unbranched alkanes of at least 4 members (excludes halogenated alkanes) is 1. The zero-order valence-electron chi connectivity index (χ0n) is 30.8. The summed E-state index contributed by atoms with van der Waals surface area (Å²) in [7, 11) is 9.04. The second kappa shape index (κ2) is 17.8. The molecule has 0 unspecified atom stereocenters. The number of amides is 1. The van der Waals surface area contributed by atoms with Gasteiger partial charge in [-0.2, -0.15) is 0 Å². The maximum absolute atomic E-state index is 14.1. The molecule has 0 radical (unpaired) electrons. The zero-order chi connectivity index (χ0) is 37.9. The second-order valence-electron chi connectivity index (χ2n) is 11.7. The number of aryl methyl sites for hydroxylation is 1. The van der Waals surface area contributed by atoms with Gasteiger partial charge in [0.25, 0.3) is 0 Å². The number of hydrogen-bond donors (Lipinski definition) is 1. The molecule has 5 aromatic rings. The molecule has 0 fully saturated rings. The van der Waals surface area contributed by atoms with Crippen LogP contribution in [0.2, 0.25) is 0 Å². The highest BCUT2D eigenvalue weighted by molar-refractivity contribution is 6.02. The summed E-state index contributed by atoms with van der Waals surface area (Å²) in [6.07, 6.45) is 4.31. The SMILES string of the molecule is COc1cc(OC)c2c(=O)c(OCCCCOc3ccc(/C=C/C(=O)Nc4ccc(C)cc4)cc3OC)c(-c3cc(OC)c(OC)c(OC)c3)oc2c1. The van der Waals surface area contributed by atoms with Gasteiger partial charge in [0.1, 0.15) is 22.5 Å². The van der Waals surface area contributed by atoms with Gasteiger partial charge in [0.05, 0.1) is 55.9 Å². The first-order chi connectivity index (χ1) is 25.7. The normalized spacial score (nSPS) is 10.9. The maximum atomic E-state index is 14.1. The minimum atomic E-state index is -0.419. The monoisotopic (exact) mass is 725 g/mol. The standard InChI is InChI=1S/C41H43NO11/c1-25-10-14-28(15-11-25)42-36(43)17-13-26-12-16-30(31(20-26)46-3)51-18-8-9-19-52-41-38(44)37-32(47-4)23-29(45-2)24-33(37)53-39(41)27-21-34(48-5)40(50-7)35(22-27)49-6/h10-17,20-24H,8-9,18-19H2,1-7H3,(H,42,43)/b17-13+. The summed E-state index contributed by atoms with van der Waals surface area (Å²) >= 11 is 0. The Balaban J connectivity index is 1.29. The van der Waals surface area contributed by atoms with Gasteiger partial charge < -0.3 is 47.6 Å². The third-order valence-electron chi connectivity index (χ3n) is 8.25. The molecule has 0 atom stereocenters. The van der Waals surface area contributed by atoms with Crippen molar-refractivity contribution in [1.82, 2.24) is 0 Å². The Kier molecular flexibility index (Phi) is 12.7. The smallest absolute Gasteiger partial charge is 0.248 e. The van der Waals surface area contributed by atoms with E-state index < -0.39 is 5.43 Å². The summed E-state index contributed by atoms with van der Waals surface area (Å²) in [4.78, 5) is 26.5. The van der Waals surface area contributed by atoms with Crippen LogP contribution in [0.5, 0.6) is 46.0 Å². The molecule has 0 aliphatic heterocycles. The summed E-state index contributed by atoms with van der Waals surface area (Å²) < 4.78 is 51.6. The molecular formula is C41H43NO11. The molecule has 5 rings (SSSR count). The van der Waals surface area contributed by atoms with Crippen LogP contribution in [0.15, 0.2) is 82.0 Å². The lowest BCUT2D eigenvalue weighted by Crippen LogP contribution is -2.13. The molecule has 12 nitrogen and oxygen atoms in total. The highest BCUT2D eigenvalue weighted by atomic mass is 16.5. The Morgan fingerprint density at radius 1 is 0.679 bits per heavy atom. The topological polar surface area (TPSA) is 133 Å². The maximum Gasteiger partial charge on any atom is 0.248 e. The van der Waals surface area contributed by atoms with E-state index >= 15 is 0 Å². The lowest BCUT2D eigenvalue weighted by Gasteiger charge is -2.17. The molecule has 12 heteroatoms. The van der Waals surface area contributed by atoms with E-state index in [1.54, 1.807) is 49.6 Å². The van der Waals surface area contributed by atoms with Crippen molar-refractivity contribution in [3.05, 3.63) is 94.2 Å². The highest BCUT2D eigenvalue weighted by Gasteiger charge is 2.24. The first-order valence-corrected chi connectivity index (χ1v) is 16.8. The van der Waals surface area contributed by atoms with Crippen molar-refractivity contribution >= 4 is 28.6 Å². The minimum Gasteiger partial charge on any atom is -0.496 e. The van der Waals surface area contributed by atoms with Crippen LogP contribution in [-0.4, -0.2) is 61.8 Å². The molecule has 1 amide bonds. The number of methoxy groups -OCH3 is 6. The lowest BCUT2D eigenvalue weighted by atomic mass is 10.1. The molecule has 1 heterocycles. The van der Waals surface area contributed by atoms with Crippen molar-refractivity contribution in [1.29, 1.82) is 0 Å². The van der Waals surface area contributed by atoms with Crippen LogP contribution in [0.1, 0.15) is 24.0 Å². The van der Waals surface area contributed by atoms with Crippen LogP contribution in [-0.2, 0) is 4.79 Å². The van der Waals surface area contributed by atoms with E-state index in [1.165, 1.54) is 41.6 Å². The van der Waals surface area contributed by atoms with Crippen molar-refractivity contribution in [3.8, 4) is 57.3 Å². The van der Waals surface area contributed by atoms with Crippen LogP contribution in [0.25, 0.3) is 28.4 Å². The van der Waals surface area contributed by atoms with Crippen molar-refractivity contribution in [2.45, 2.75) is 19.8 Å². The molecule has 0 saturated carbocycles. The fourth-order valence-electron chi connectivity index (χ4n) is 5.52. The van der Waals surface area contributed by atoms with Crippen LogP contribution >= 0.6 is 0 Å². The van der Waals surface area contributed by atoms with Crippen molar-refractivity contribution in [3.63, 3.8) is 0 Å². The van der Waals surface area contributed by atoms with Gasteiger partial charge in [0.2, 0.25) is 22.8 Å². The summed E-state index contributed by atoms with van der Waals surface area (Å²) in [6, 6.07) is 19.6. The molecule has 0 aliphatic carbocycles. The Labute approximate surface area is 307 Å². The molecule has 4 aromatic carbocycles. The molecule has 278 valence electrons. The summed E-state index contributed by atoms with van der Waals surface area (Å²) in [5.41, 5.74) is 2.90. The number of carbonyl (C=O) groups is 1. The summed E-state index contributed by atoms with van der Waals surface area (Å²) in [5.74, 6) is 2.86. The molecular weight excluding hydrogens is 682 g/mol. The average Bonchev–Trinajstić information content (AvgIpc) is 3.18. The molecule has 0 bridgehead atoms. The van der Waals surface area contributed by atoms with E-state index in [-0.39, 0.29) is 40.7 Å². The van der Waals surface area contributed by atoms with Gasteiger partial charge in [-0.15, -0.1) is 0 Å². The zero-order valence-corrected chi connectivity index (χ0v) is 30.8. The second-order valence-corrected chi connectivity index (χ2v) is 11.7. The van der Waals surface area contributed by atoms with E-state index in [0.717, 1.165) is 16.8 Å². The Bertz CT molecular complexity index is 2110. The van der Waals surface area contributed by atoms with Gasteiger partial charge in [-0.3, -0.25) is 9.59 Å². The predicted molar refractivity (Wildman–Crippen MR) is 203 cm³/mol. The Morgan fingerprint density at radius 3 is 1.96 bits per heavy atom. The molecule has 1 aromatic heterocycles.